The molecule has 0 unspecified atom stereocenters. The fourth-order valence-corrected chi connectivity index (χ4v) is 5.27. The van der Waals surface area contributed by atoms with Crippen LogP contribution < -0.4 is 10.6 Å². The highest BCUT2D eigenvalue weighted by atomic mass is 15.0. The number of anilines is 2. The summed E-state index contributed by atoms with van der Waals surface area (Å²) in [5.74, 6) is 0. The van der Waals surface area contributed by atoms with E-state index in [-0.39, 0.29) is 0 Å². The van der Waals surface area contributed by atoms with Crippen molar-refractivity contribution in [1.82, 2.24) is 9.97 Å². The average molecular weight is 471 g/mol. The third-order valence-corrected chi connectivity index (χ3v) is 7.08. The predicted octanol–water partition coefficient (Wildman–Crippen LogP) is 7.74. The Balaban J connectivity index is 1.35. The largest absolute Gasteiger partial charge is 0.382 e. The van der Waals surface area contributed by atoms with E-state index in [1.165, 1.54) is 21.9 Å². The lowest BCUT2D eigenvalue weighted by Gasteiger charge is -2.17. The van der Waals surface area contributed by atoms with E-state index in [1.807, 2.05) is 0 Å². The Morgan fingerprint density at radius 2 is 0.917 bits per heavy atom. The molecule has 0 aliphatic heterocycles. The zero-order chi connectivity index (χ0) is 24.5. The summed E-state index contributed by atoms with van der Waals surface area (Å²) >= 11 is 0. The van der Waals surface area contributed by atoms with Crippen molar-refractivity contribution < 1.29 is 0 Å². The third-order valence-electron chi connectivity index (χ3n) is 7.08. The van der Waals surface area contributed by atoms with Gasteiger partial charge in [0.15, 0.2) is 0 Å². The highest BCUT2D eigenvalue weighted by Gasteiger charge is 2.13. The number of hydrogen-bond acceptors (Lipinski definition) is 4. The summed E-state index contributed by atoms with van der Waals surface area (Å²) in [5, 5.41) is 12.2. The normalized spacial score (nSPS) is 11.5. The average Bonchev–Trinajstić information content (AvgIpc) is 2.93. The molecule has 0 aliphatic rings. The van der Waals surface area contributed by atoms with Crippen LogP contribution in [0.5, 0.6) is 0 Å². The van der Waals surface area contributed by atoms with Crippen molar-refractivity contribution in [2.75, 3.05) is 23.7 Å². The molecule has 0 bridgehead atoms. The Morgan fingerprint density at radius 1 is 0.500 bits per heavy atom. The minimum absolute atomic E-state index is 0.783. The van der Waals surface area contributed by atoms with Gasteiger partial charge in [-0.25, -0.2) is 9.97 Å². The van der Waals surface area contributed by atoms with Gasteiger partial charge in [-0.3, -0.25) is 0 Å². The van der Waals surface area contributed by atoms with Crippen molar-refractivity contribution in [2.45, 2.75) is 26.7 Å². The maximum Gasteiger partial charge on any atom is 0.0762 e. The maximum absolute atomic E-state index is 5.01. The fraction of sp³-hybridized carbons (Fsp3) is 0.188. The van der Waals surface area contributed by atoms with Crippen LogP contribution in [0.25, 0.3) is 43.6 Å². The van der Waals surface area contributed by atoms with Gasteiger partial charge in [0.1, 0.15) is 0 Å². The third kappa shape index (κ3) is 3.79. The molecule has 4 heteroatoms. The molecule has 0 amide bonds. The van der Waals surface area contributed by atoms with Gasteiger partial charge in [-0.15, -0.1) is 0 Å². The lowest BCUT2D eigenvalue weighted by Crippen LogP contribution is -2.15. The van der Waals surface area contributed by atoms with Crippen LogP contribution >= 0.6 is 0 Å². The van der Waals surface area contributed by atoms with E-state index >= 15 is 0 Å². The van der Waals surface area contributed by atoms with Crippen molar-refractivity contribution in [3.63, 3.8) is 0 Å². The highest BCUT2D eigenvalue weighted by molar-refractivity contribution is 6.09. The summed E-state index contributed by atoms with van der Waals surface area (Å²) in [4.78, 5) is 10.0. The lowest BCUT2D eigenvalue weighted by atomic mass is 10.0. The molecule has 2 N–H and O–H groups in total. The molecular weight excluding hydrogens is 440 g/mol. The molecule has 0 saturated heterocycles. The number of aromatic nitrogens is 2. The fourth-order valence-electron chi connectivity index (χ4n) is 5.27. The number of para-hydroxylation sites is 4. The summed E-state index contributed by atoms with van der Waals surface area (Å²) < 4.78 is 0. The standard InChI is InChI=1S/C32H30N4/c1-3-21-11-9-15-25-29(21)35-27-17-7-5-13-23(27)31(25)33-19-20-34-32-24-14-6-8-18-28(24)36-30-22(4-2)12-10-16-26(30)32/h5-18H,3-4,19-20H2,1-2H3,(H,33,35)(H,34,36). The number of pyridine rings is 2. The molecule has 6 rings (SSSR count). The number of rotatable bonds is 7. The molecule has 0 saturated carbocycles. The molecular formula is C32H30N4. The van der Waals surface area contributed by atoms with E-state index in [1.54, 1.807) is 0 Å². The molecule has 2 aromatic heterocycles. The minimum Gasteiger partial charge on any atom is -0.382 e. The van der Waals surface area contributed by atoms with Crippen molar-refractivity contribution in [3.8, 4) is 0 Å². The second-order valence-corrected chi connectivity index (χ2v) is 9.20. The van der Waals surface area contributed by atoms with Gasteiger partial charge in [0, 0.05) is 34.6 Å². The molecule has 0 fully saturated rings. The Morgan fingerprint density at radius 3 is 1.36 bits per heavy atom. The Kier molecular flexibility index (Phi) is 5.86. The van der Waals surface area contributed by atoms with Crippen LogP contribution in [0.3, 0.4) is 0 Å². The van der Waals surface area contributed by atoms with Gasteiger partial charge in [0.2, 0.25) is 0 Å². The number of fused-ring (bicyclic) bond motifs is 4. The van der Waals surface area contributed by atoms with Crippen molar-refractivity contribution in [2.24, 2.45) is 0 Å². The van der Waals surface area contributed by atoms with E-state index in [0.29, 0.717) is 0 Å². The van der Waals surface area contributed by atoms with Gasteiger partial charge < -0.3 is 10.6 Å². The number of benzene rings is 4. The predicted molar refractivity (Wildman–Crippen MR) is 154 cm³/mol. The molecule has 0 spiro atoms. The van der Waals surface area contributed by atoms with Crippen LogP contribution in [0.15, 0.2) is 84.9 Å². The molecule has 36 heavy (non-hydrogen) atoms. The lowest BCUT2D eigenvalue weighted by molar-refractivity contribution is 1.09. The van der Waals surface area contributed by atoms with Crippen molar-refractivity contribution in [3.05, 3.63) is 96.1 Å². The molecule has 0 radical (unpaired) electrons. The second kappa shape index (κ2) is 9.46. The Bertz CT molecular complexity index is 1590. The smallest absolute Gasteiger partial charge is 0.0762 e. The molecule has 6 aromatic rings. The Labute approximate surface area is 211 Å². The van der Waals surface area contributed by atoms with Crippen molar-refractivity contribution in [1.29, 1.82) is 0 Å². The Hall–Kier alpha value is -4.18. The SMILES string of the molecule is CCc1cccc2c(NCCNc3c4ccccc4nc4c(CC)cccc34)c3ccccc3nc12. The first kappa shape index (κ1) is 22.3. The number of nitrogens with zero attached hydrogens (tertiary/aromatic N) is 2. The summed E-state index contributed by atoms with van der Waals surface area (Å²) in [6.07, 6.45) is 1.93. The molecule has 4 nitrogen and oxygen atoms in total. The van der Waals surface area contributed by atoms with Gasteiger partial charge in [0.25, 0.3) is 0 Å². The number of aryl methyl sites for hydroxylation is 2. The van der Waals surface area contributed by atoms with Crippen LogP contribution in [0, 0.1) is 0 Å². The van der Waals surface area contributed by atoms with E-state index in [9.17, 15) is 0 Å². The monoisotopic (exact) mass is 470 g/mol. The minimum atomic E-state index is 0.783. The second-order valence-electron chi connectivity index (χ2n) is 9.20. The summed E-state index contributed by atoms with van der Waals surface area (Å²) in [7, 11) is 0. The summed E-state index contributed by atoms with van der Waals surface area (Å²) in [6, 6.07) is 29.8. The van der Waals surface area contributed by atoms with E-state index < -0.39 is 0 Å². The zero-order valence-electron chi connectivity index (χ0n) is 20.8. The van der Waals surface area contributed by atoms with Crippen LogP contribution in [0.4, 0.5) is 11.4 Å². The summed E-state index contributed by atoms with van der Waals surface area (Å²) in [6.45, 7) is 5.95. The molecule has 0 aliphatic carbocycles. The first-order valence-corrected chi connectivity index (χ1v) is 12.9. The van der Waals surface area contributed by atoms with Crippen LogP contribution in [0.2, 0.25) is 0 Å². The van der Waals surface area contributed by atoms with E-state index in [0.717, 1.165) is 70.1 Å². The van der Waals surface area contributed by atoms with Crippen LogP contribution in [-0.4, -0.2) is 23.1 Å². The van der Waals surface area contributed by atoms with Gasteiger partial charge in [-0.1, -0.05) is 86.6 Å². The summed E-state index contributed by atoms with van der Waals surface area (Å²) in [5.41, 5.74) is 9.11. The molecule has 178 valence electrons. The molecule has 0 atom stereocenters. The first-order chi connectivity index (χ1) is 17.8. The van der Waals surface area contributed by atoms with Crippen LogP contribution in [-0.2, 0) is 12.8 Å². The van der Waals surface area contributed by atoms with E-state index in [2.05, 4.69) is 109 Å². The highest BCUT2D eigenvalue weighted by Crippen LogP contribution is 2.34. The first-order valence-electron chi connectivity index (χ1n) is 12.9. The zero-order valence-corrected chi connectivity index (χ0v) is 20.8. The van der Waals surface area contributed by atoms with Gasteiger partial charge >= 0.3 is 0 Å². The van der Waals surface area contributed by atoms with Gasteiger partial charge in [0.05, 0.1) is 33.4 Å². The van der Waals surface area contributed by atoms with Gasteiger partial charge in [-0.05, 0) is 36.1 Å². The maximum atomic E-state index is 5.01. The topological polar surface area (TPSA) is 49.8 Å². The van der Waals surface area contributed by atoms with Crippen molar-refractivity contribution >= 4 is 55.0 Å². The van der Waals surface area contributed by atoms with Crippen LogP contribution in [0.1, 0.15) is 25.0 Å². The molecule has 2 heterocycles. The number of nitrogens with one attached hydrogen (secondary N) is 2. The van der Waals surface area contributed by atoms with Gasteiger partial charge in [-0.2, -0.15) is 0 Å². The molecule has 4 aromatic carbocycles. The quantitative estimate of drug-likeness (QED) is 0.185. The van der Waals surface area contributed by atoms with E-state index in [4.69, 9.17) is 9.97 Å². The number of hydrogen-bond donors (Lipinski definition) is 2.